The molecule has 0 N–H and O–H groups in total. The lowest BCUT2D eigenvalue weighted by molar-refractivity contribution is 0.407. The minimum absolute atomic E-state index is 0.143. The van der Waals surface area contributed by atoms with Gasteiger partial charge < -0.3 is 4.74 Å². The van der Waals surface area contributed by atoms with Crippen molar-refractivity contribution in [3.8, 4) is 5.75 Å². The summed E-state index contributed by atoms with van der Waals surface area (Å²) < 4.78 is 47.7. The van der Waals surface area contributed by atoms with Crippen molar-refractivity contribution in [2.45, 2.75) is 24.8 Å². The molecule has 0 aromatic heterocycles. The predicted octanol–water partition coefficient (Wildman–Crippen LogP) is 5.10. The third kappa shape index (κ3) is 3.87. The maximum Gasteiger partial charge on any atom is 0.264 e. The number of ether oxygens (including phenoxy) is 1. The van der Waals surface area contributed by atoms with Gasteiger partial charge in [0.15, 0.2) is 0 Å². The summed E-state index contributed by atoms with van der Waals surface area (Å²) in [6, 6.07) is 18.8. The van der Waals surface area contributed by atoms with Crippen LogP contribution in [0.2, 0.25) is 0 Å². The van der Waals surface area contributed by atoms with Crippen LogP contribution in [-0.4, -0.2) is 15.5 Å². The molecule has 3 aromatic carbocycles. The Morgan fingerprint density at radius 2 is 1.64 bits per heavy atom. The van der Waals surface area contributed by atoms with Gasteiger partial charge in [0.05, 0.1) is 23.7 Å². The van der Waals surface area contributed by atoms with E-state index in [2.05, 4.69) is 0 Å². The molecule has 0 aliphatic heterocycles. The van der Waals surface area contributed by atoms with E-state index in [1.165, 1.54) is 29.6 Å². The van der Waals surface area contributed by atoms with Crippen LogP contribution in [0.3, 0.4) is 0 Å². The maximum absolute atomic E-state index is 13.9. The van der Waals surface area contributed by atoms with E-state index in [4.69, 9.17) is 4.74 Å². The van der Waals surface area contributed by atoms with Crippen molar-refractivity contribution in [3.63, 3.8) is 0 Å². The molecule has 0 bridgehead atoms. The van der Waals surface area contributed by atoms with Crippen molar-refractivity contribution in [1.29, 1.82) is 0 Å². The summed E-state index contributed by atoms with van der Waals surface area (Å²) >= 11 is 0. The van der Waals surface area contributed by atoms with Gasteiger partial charge in [-0.15, -0.1) is 0 Å². The van der Waals surface area contributed by atoms with E-state index in [9.17, 15) is 12.8 Å². The van der Waals surface area contributed by atoms with Crippen molar-refractivity contribution in [3.05, 3.63) is 89.7 Å². The van der Waals surface area contributed by atoms with Gasteiger partial charge in [0, 0.05) is 5.56 Å². The molecular weight excluding hydrogens is 377 g/mol. The van der Waals surface area contributed by atoms with Crippen molar-refractivity contribution >= 4 is 15.7 Å². The number of methoxy groups -OCH3 is 1. The lowest BCUT2D eigenvalue weighted by Gasteiger charge is -2.31. The molecule has 0 fully saturated rings. The van der Waals surface area contributed by atoms with Gasteiger partial charge in [0.1, 0.15) is 11.6 Å². The predicted molar refractivity (Wildman–Crippen MR) is 109 cm³/mol. The van der Waals surface area contributed by atoms with Crippen molar-refractivity contribution in [2.75, 3.05) is 11.4 Å². The Morgan fingerprint density at radius 3 is 2.29 bits per heavy atom. The van der Waals surface area contributed by atoms with Gasteiger partial charge in [0.25, 0.3) is 10.0 Å². The molecule has 146 valence electrons. The summed E-state index contributed by atoms with van der Waals surface area (Å²) in [5, 5.41) is 0. The molecule has 0 saturated carbocycles. The van der Waals surface area contributed by atoms with Crippen molar-refractivity contribution in [2.24, 2.45) is 0 Å². The number of sulfonamides is 1. The highest BCUT2D eigenvalue weighted by atomic mass is 32.2. The average Bonchev–Trinajstić information content (AvgIpc) is 2.68. The van der Waals surface area contributed by atoms with E-state index < -0.39 is 21.9 Å². The highest BCUT2D eigenvalue weighted by Crippen LogP contribution is 2.36. The number of nitrogens with zero attached hydrogens (tertiary/aromatic N) is 1. The molecule has 0 heterocycles. The molecular formula is C22H22FNO3S. The largest absolute Gasteiger partial charge is 0.496 e. The smallest absolute Gasteiger partial charge is 0.264 e. The van der Waals surface area contributed by atoms with Crippen LogP contribution in [0.25, 0.3) is 0 Å². The van der Waals surface area contributed by atoms with Crippen LogP contribution in [0.1, 0.15) is 24.1 Å². The van der Waals surface area contributed by atoms with Crippen molar-refractivity contribution < 1.29 is 17.5 Å². The summed E-state index contributed by atoms with van der Waals surface area (Å²) in [4.78, 5) is 0.143. The first-order valence-corrected chi connectivity index (χ1v) is 10.3. The molecule has 0 aliphatic carbocycles. The Balaban J connectivity index is 2.19. The SMILES string of the molecule is COc1ccccc1C(C)N(c1cccc(F)c1)S(=O)(=O)c1ccc(C)cc1. The third-order valence-electron chi connectivity index (χ3n) is 4.58. The molecule has 0 saturated heterocycles. The molecule has 0 aliphatic rings. The minimum atomic E-state index is -3.95. The first kappa shape index (κ1) is 19.9. The molecule has 1 unspecified atom stereocenters. The Bertz CT molecular complexity index is 1070. The molecule has 4 nitrogen and oxygen atoms in total. The number of halogens is 1. The highest BCUT2D eigenvalue weighted by molar-refractivity contribution is 7.92. The topological polar surface area (TPSA) is 46.6 Å². The van der Waals surface area contributed by atoms with E-state index in [1.54, 1.807) is 49.4 Å². The fourth-order valence-corrected chi connectivity index (χ4v) is 4.77. The van der Waals surface area contributed by atoms with E-state index in [1.807, 2.05) is 19.1 Å². The van der Waals surface area contributed by atoms with Gasteiger partial charge in [0.2, 0.25) is 0 Å². The van der Waals surface area contributed by atoms with Gasteiger partial charge in [-0.2, -0.15) is 0 Å². The van der Waals surface area contributed by atoms with Crippen LogP contribution in [0, 0.1) is 12.7 Å². The average molecular weight is 399 g/mol. The highest BCUT2D eigenvalue weighted by Gasteiger charge is 2.32. The number of hydrogen-bond donors (Lipinski definition) is 0. The van der Waals surface area contributed by atoms with E-state index in [-0.39, 0.29) is 10.6 Å². The number of hydrogen-bond acceptors (Lipinski definition) is 3. The maximum atomic E-state index is 13.9. The summed E-state index contributed by atoms with van der Waals surface area (Å²) in [6.45, 7) is 3.65. The third-order valence-corrected chi connectivity index (χ3v) is 6.49. The Labute approximate surface area is 165 Å². The summed E-state index contributed by atoms with van der Waals surface area (Å²) in [6.07, 6.45) is 0. The second-order valence-electron chi connectivity index (χ2n) is 6.51. The fourth-order valence-electron chi connectivity index (χ4n) is 3.15. The first-order valence-electron chi connectivity index (χ1n) is 8.84. The lowest BCUT2D eigenvalue weighted by Crippen LogP contribution is -2.34. The molecule has 3 aromatic rings. The minimum Gasteiger partial charge on any atom is -0.496 e. The van der Waals surface area contributed by atoms with Crippen LogP contribution < -0.4 is 9.04 Å². The Hall–Kier alpha value is -2.86. The second-order valence-corrected chi connectivity index (χ2v) is 8.33. The molecule has 6 heteroatoms. The fraction of sp³-hybridized carbons (Fsp3) is 0.182. The number of benzene rings is 3. The number of para-hydroxylation sites is 1. The lowest BCUT2D eigenvalue weighted by atomic mass is 10.1. The zero-order valence-electron chi connectivity index (χ0n) is 16.0. The molecule has 1 atom stereocenters. The zero-order chi connectivity index (χ0) is 20.3. The van der Waals surface area contributed by atoms with E-state index >= 15 is 0 Å². The number of aryl methyl sites for hydroxylation is 1. The number of rotatable bonds is 6. The molecule has 3 rings (SSSR count). The standard InChI is InChI=1S/C22H22FNO3S/c1-16-11-13-20(14-12-16)28(25,26)24(19-8-6-7-18(23)15-19)17(2)21-9-4-5-10-22(21)27-3/h4-15,17H,1-3H3. The monoisotopic (exact) mass is 399 g/mol. The molecule has 28 heavy (non-hydrogen) atoms. The molecule has 0 radical (unpaired) electrons. The Kier molecular flexibility index (Phi) is 5.70. The Morgan fingerprint density at radius 1 is 0.964 bits per heavy atom. The van der Waals surface area contributed by atoms with E-state index in [0.717, 1.165) is 5.56 Å². The summed E-state index contributed by atoms with van der Waals surface area (Å²) in [5.41, 5.74) is 1.89. The summed E-state index contributed by atoms with van der Waals surface area (Å²) in [5.74, 6) is 0.0596. The zero-order valence-corrected chi connectivity index (χ0v) is 16.8. The van der Waals surface area contributed by atoms with Gasteiger partial charge in [-0.25, -0.2) is 12.8 Å². The number of anilines is 1. The van der Waals surface area contributed by atoms with Crippen LogP contribution >= 0.6 is 0 Å². The van der Waals surface area contributed by atoms with Gasteiger partial charge in [-0.05, 0) is 50.2 Å². The van der Waals surface area contributed by atoms with Crippen LogP contribution in [-0.2, 0) is 10.0 Å². The first-order chi connectivity index (χ1) is 13.3. The van der Waals surface area contributed by atoms with Crippen LogP contribution in [0.5, 0.6) is 5.75 Å². The van der Waals surface area contributed by atoms with Gasteiger partial charge >= 0.3 is 0 Å². The normalized spacial score (nSPS) is 12.4. The summed E-state index contributed by atoms with van der Waals surface area (Å²) in [7, 11) is -2.41. The quantitative estimate of drug-likeness (QED) is 0.579. The van der Waals surface area contributed by atoms with Gasteiger partial charge in [-0.3, -0.25) is 4.31 Å². The molecule has 0 amide bonds. The van der Waals surface area contributed by atoms with Gasteiger partial charge in [-0.1, -0.05) is 42.0 Å². The van der Waals surface area contributed by atoms with Crippen LogP contribution in [0.15, 0.2) is 77.7 Å². The second kappa shape index (κ2) is 8.02. The molecule has 0 spiro atoms. The van der Waals surface area contributed by atoms with Crippen LogP contribution in [0.4, 0.5) is 10.1 Å². The van der Waals surface area contributed by atoms with E-state index in [0.29, 0.717) is 11.3 Å². The van der Waals surface area contributed by atoms with Crippen molar-refractivity contribution in [1.82, 2.24) is 0 Å².